The Morgan fingerprint density at radius 1 is 1.12 bits per heavy atom. The number of rotatable bonds is 6. The van der Waals surface area contributed by atoms with Crippen molar-refractivity contribution in [1.29, 1.82) is 0 Å². The average molecular weight is 460 g/mol. The molecule has 2 aromatic rings. The van der Waals surface area contributed by atoms with Gasteiger partial charge in [-0.3, -0.25) is 14.9 Å². The zero-order chi connectivity index (χ0) is 23.6. The topological polar surface area (TPSA) is 101 Å². The van der Waals surface area contributed by atoms with Gasteiger partial charge in [0.25, 0.3) is 11.6 Å². The maximum atomic E-state index is 13.2. The molecule has 0 radical (unpaired) electrons. The Balaban J connectivity index is 1.84. The van der Waals surface area contributed by atoms with Gasteiger partial charge in [-0.1, -0.05) is 32.0 Å². The van der Waals surface area contributed by atoms with E-state index in [1.54, 1.807) is 38.2 Å². The molecule has 3 unspecified atom stereocenters. The summed E-state index contributed by atoms with van der Waals surface area (Å²) >= 11 is 0. The first-order chi connectivity index (χ1) is 15.0. The van der Waals surface area contributed by atoms with E-state index in [4.69, 9.17) is 0 Å². The molecule has 3 atom stereocenters. The lowest BCUT2D eigenvalue weighted by Crippen LogP contribution is -2.42. The van der Waals surface area contributed by atoms with Gasteiger partial charge in [0.1, 0.15) is 0 Å². The highest BCUT2D eigenvalue weighted by atomic mass is 32.2. The van der Waals surface area contributed by atoms with Crippen molar-refractivity contribution in [3.05, 3.63) is 69.8 Å². The molecule has 0 aromatic heterocycles. The van der Waals surface area contributed by atoms with Crippen LogP contribution in [0.2, 0.25) is 0 Å². The van der Waals surface area contributed by atoms with Crippen LogP contribution in [0, 0.1) is 22.0 Å². The summed E-state index contributed by atoms with van der Waals surface area (Å²) in [5, 5.41) is 11.1. The van der Waals surface area contributed by atoms with Crippen molar-refractivity contribution in [2.24, 2.45) is 11.8 Å². The molecule has 1 aliphatic rings. The first-order valence-electron chi connectivity index (χ1n) is 10.6. The van der Waals surface area contributed by atoms with Gasteiger partial charge < -0.3 is 4.90 Å². The fraction of sp³-hybridized carbons (Fsp3) is 0.435. The second kappa shape index (κ2) is 9.38. The van der Waals surface area contributed by atoms with Crippen molar-refractivity contribution in [2.75, 3.05) is 20.1 Å². The average Bonchev–Trinajstić information content (AvgIpc) is 2.77. The van der Waals surface area contributed by atoms with Gasteiger partial charge in [-0.05, 0) is 48.9 Å². The number of benzene rings is 2. The number of piperidine rings is 1. The molecular formula is C23H29N3O5S. The maximum absolute atomic E-state index is 13.2. The second-order valence-electron chi connectivity index (χ2n) is 8.74. The molecule has 3 rings (SSSR count). The van der Waals surface area contributed by atoms with E-state index >= 15 is 0 Å². The largest absolute Gasteiger partial charge is 0.335 e. The summed E-state index contributed by atoms with van der Waals surface area (Å²) in [6, 6.07) is 11.8. The Labute approximate surface area is 189 Å². The smallest absolute Gasteiger partial charge is 0.269 e. The molecule has 9 heteroatoms. The molecule has 0 spiro atoms. The minimum absolute atomic E-state index is 0.0479. The molecule has 1 aliphatic heterocycles. The molecule has 32 heavy (non-hydrogen) atoms. The van der Waals surface area contributed by atoms with Crippen LogP contribution in [0.1, 0.15) is 49.2 Å². The molecular weight excluding hydrogens is 430 g/mol. The zero-order valence-electron chi connectivity index (χ0n) is 18.8. The number of hydrogen-bond donors (Lipinski definition) is 0. The Morgan fingerprint density at radius 2 is 1.75 bits per heavy atom. The standard InChI is InChI=1S/C23H29N3O5S/c1-16-11-17(2)15-25(14-16)32(30,31)22-10-6-8-20(13-22)23(27)24(4)18(3)19-7-5-9-21(12-19)26(28)29/h5-10,12-13,16-18H,11,14-15H2,1-4H3. The van der Waals surface area contributed by atoms with Gasteiger partial charge in [0.15, 0.2) is 0 Å². The number of non-ortho nitro benzene ring substituents is 1. The summed E-state index contributed by atoms with van der Waals surface area (Å²) in [5.74, 6) is 0.196. The number of amides is 1. The van der Waals surface area contributed by atoms with E-state index in [0.29, 0.717) is 18.7 Å². The quantitative estimate of drug-likeness (QED) is 0.478. The minimum atomic E-state index is -3.71. The van der Waals surface area contributed by atoms with Crippen LogP contribution < -0.4 is 0 Å². The minimum Gasteiger partial charge on any atom is -0.335 e. The van der Waals surface area contributed by atoms with Crippen LogP contribution in [0.15, 0.2) is 53.4 Å². The van der Waals surface area contributed by atoms with E-state index in [1.165, 1.54) is 33.5 Å². The number of sulfonamides is 1. The summed E-state index contributed by atoms with van der Waals surface area (Å²) in [6.45, 7) is 6.79. The van der Waals surface area contributed by atoms with E-state index in [-0.39, 0.29) is 33.9 Å². The second-order valence-corrected chi connectivity index (χ2v) is 10.7. The molecule has 0 N–H and O–H groups in total. The molecule has 2 aromatic carbocycles. The van der Waals surface area contributed by atoms with Crippen LogP contribution in [0.25, 0.3) is 0 Å². The normalized spacial score (nSPS) is 20.5. The SMILES string of the molecule is CC1CC(C)CN(S(=O)(=O)c2cccc(C(=O)N(C)C(C)c3cccc([N+](=O)[O-])c3)c2)C1. The molecule has 1 fully saturated rings. The van der Waals surface area contributed by atoms with Gasteiger partial charge in [0, 0.05) is 37.8 Å². The van der Waals surface area contributed by atoms with Crippen LogP contribution >= 0.6 is 0 Å². The molecule has 1 amide bonds. The highest BCUT2D eigenvalue weighted by Gasteiger charge is 2.32. The van der Waals surface area contributed by atoms with Gasteiger partial charge in [-0.2, -0.15) is 4.31 Å². The predicted molar refractivity (Wildman–Crippen MR) is 122 cm³/mol. The van der Waals surface area contributed by atoms with Crippen LogP contribution in [-0.4, -0.2) is 48.6 Å². The molecule has 1 heterocycles. The van der Waals surface area contributed by atoms with Crippen molar-refractivity contribution in [3.8, 4) is 0 Å². The Bertz CT molecular complexity index is 1110. The van der Waals surface area contributed by atoms with Crippen LogP contribution in [0.4, 0.5) is 5.69 Å². The zero-order valence-corrected chi connectivity index (χ0v) is 19.6. The summed E-state index contributed by atoms with van der Waals surface area (Å²) in [6.07, 6.45) is 0.991. The number of nitro benzene ring substituents is 1. The number of hydrogen-bond acceptors (Lipinski definition) is 5. The molecule has 0 saturated carbocycles. The maximum Gasteiger partial charge on any atom is 0.269 e. The third-order valence-electron chi connectivity index (χ3n) is 6.02. The molecule has 0 aliphatic carbocycles. The fourth-order valence-electron chi connectivity index (χ4n) is 4.24. The highest BCUT2D eigenvalue weighted by Crippen LogP contribution is 2.28. The van der Waals surface area contributed by atoms with Crippen molar-refractivity contribution in [1.82, 2.24) is 9.21 Å². The summed E-state index contributed by atoms with van der Waals surface area (Å²) in [7, 11) is -2.11. The highest BCUT2D eigenvalue weighted by molar-refractivity contribution is 7.89. The van der Waals surface area contributed by atoms with Crippen molar-refractivity contribution in [3.63, 3.8) is 0 Å². The van der Waals surface area contributed by atoms with Gasteiger partial charge in [-0.15, -0.1) is 0 Å². The Kier molecular flexibility index (Phi) is 7.00. The van der Waals surface area contributed by atoms with Crippen molar-refractivity contribution < 1.29 is 18.1 Å². The third kappa shape index (κ3) is 4.99. The van der Waals surface area contributed by atoms with Gasteiger partial charge in [0.05, 0.1) is 15.9 Å². The van der Waals surface area contributed by atoms with Crippen LogP contribution in [-0.2, 0) is 10.0 Å². The predicted octanol–water partition coefficient (Wildman–Crippen LogP) is 4.09. The van der Waals surface area contributed by atoms with E-state index in [2.05, 4.69) is 0 Å². The Morgan fingerprint density at radius 3 is 2.38 bits per heavy atom. The van der Waals surface area contributed by atoms with Gasteiger partial charge in [-0.25, -0.2) is 8.42 Å². The summed E-state index contributed by atoms with van der Waals surface area (Å²) < 4.78 is 27.9. The lowest BCUT2D eigenvalue weighted by Gasteiger charge is -2.34. The van der Waals surface area contributed by atoms with E-state index < -0.39 is 21.0 Å². The van der Waals surface area contributed by atoms with Crippen molar-refractivity contribution in [2.45, 2.75) is 38.1 Å². The van der Waals surface area contributed by atoms with E-state index in [1.807, 2.05) is 13.8 Å². The third-order valence-corrected chi connectivity index (χ3v) is 7.85. The van der Waals surface area contributed by atoms with Crippen LogP contribution in [0.5, 0.6) is 0 Å². The fourth-order valence-corrected chi connectivity index (χ4v) is 5.97. The van der Waals surface area contributed by atoms with E-state index in [0.717, 1.165) is 6.42 Å². The number of nitrogens with zero attached hydrogens (tertiary/aromatic N) is 3. The first kappa shape index (κ1) is 23.9. The van der Waals surface area contributed by atoms with Crippen molar-refractivity contribution >= 4 is 21.6 Å². The molecule has 1 saturated heterocycles. The first-order valence-corrected chi connectivity index (χ1v) is 12.1. The molecule has 8 nitrogen and oxygen atoms in total. The monoisotopic (exact) mass is 459 g/mol. The van der Waals surface area contributed by atoms with Crippen LogP contribution in [0.3, 0.4) is 0 Å². The summed E-state index contributed by atoms with van der Waals surface area (Å²) in [5.41, 5.74) is 0.826. The van der Waals surface area contributed by atoms with Gasteiger partial charge >= 0.3 is 0 Å². The number of carbonyl (C=O) groups excluding carboxylic acids is 1. The molecule has 0 bridgehead atoms. The Hall–Kier alpha value is -2.78. The lowest BCUT2D eigenvalue weighted by atomic mass is 9.94. The lowest BCUT2D eigenvalue weighted by molar-refractivity contribution is -0.384. The van der Waals surface area contributed by atoms with Gasteiger partial charge in [0.2, 0.25) is 10.0 Å². The van der Waals surface area contributed by atoms with E-state index in [9.17, 15) is 23.3 Å². The summed E-state index contributed by atoms with van der Waals surface area (Å²) in [4.78, 5) is 25.3. The number of nitro groups is 1. The molecule has 172 valence electrons. The number of carbonyl (C=O) groups is 1.